The normalized spacial score (nSPS) is 18.1. The standard InChI is InChI=1S/C19H16BrFN2O/c20-14-3-1-13(2-4-14)19-12-23(9-10-24-19)18-7-8-22-17-11-15(21)5-6-16(17)18/h1-8,11,19H,9-10,12H2. The summed E-state index contributed by atoms with van der Waals surface area (Å²) in [6.07, 6.45) is 1.76. The topological polar surface area (TPSA) is 25.4 Å². The van der Waals surface area contributed by atoms with Crippen molar-refractivity contribution in [1.29, 1.82) is 0 Å². The van der Waals surface area contributed by atoms with Gasteiger partial charge in [-0.25, -0.2) is 4.39 Å². The Morgan fingerprint density at radius 3 is 2.79 bits per heavy atom. The fourth-order valence-electron chi connectivity index (χ4n) is 3.13. The van der Waals surface area contributed by atoms with E-state index in [-0.39, 0.29) is 11.9 Å². The fourth-order valence-corrected chi connectivity index (χ4v) is 3.39. The molecule has 122 valence electrons. The summed E-state index contributed by atoms with van der Waals surface area (Å²) in [6.45, 7) is 2.23. The van der Waals surface area contributed by atoms with Crippen molar-refractivity contribution in [2.45, 2.75) is 6.10 Å². The molecule has 24 heavy (non-hydrogen) atoms. The quantitative estimate of drug-likeness (QED) is 0.637. The summed E-state index contributed by atoms with van der Waals surface area (Å²) in [5, 5.41) is 0.968. The number of morpholine rings is 1. The van der Waals surface area contributed by atoms with Gasteiger partial charge in [0.05, 0.1) is 12.1 Å². The van der Waals surface area contributed by atoms with Gasteiger partial charge in [0, 0.05) is 40.9 Å². The van der Waals surface area contributed by atoms with Gasteiger partial charge >= 0.3 is 0 Å². The van der Waals surface area contributed by atoms with Gasteiger partial charge in [0.2, 0.25) is 0 Å². The summed E-state index contributed by atoms with van der Waals surface area (Å²) in [7, 11) is 0. The van der Waals surface area contributed by atoms with Crippen LogP contribution in [-0.2, 0) is 4.74 Å². The van der Waals surface area contributed by atoms with Gasteiger partial charge in [-0.05, 0) is 35.9 Å². The van der Waals surface area contributed by atoms with Gasteiger partial charge in [0.15, 0.2) is 0 Å². The highest BCUT2D eigenvalue weighted by Crippen LogP contribution is 2.31. The van der Waals surface area contributed by atoms with Gasteiger partial charge in [-0.3, -0.25) is 4.98 Å². The van der Waals surface area contributed by atoms with Crippen LogP contribution in [0.4, 0.5) is 10.1 Å². The van der Waals surface area contributed by atoms with E-state index in [0.717, 1.165) is 34.2 Å². The van der Waals surface area contributed by atoms with Crippen molar-refractivity contribution in [2.24, 2.45) is 0 Å². The molecule has 0 bridgehead atoms. The van der Waals surface area contributed by atoms with Crippen molar-refractivity contribution in [3.8, 4) is 0 Å². The number of anilines is 1. The third-order valence-electron chi connectivity index (χ3n) is 4.33. The van der Waals surface area contributed by atoms with E-state index in [1.807, 2.05) is 18.2 Å². The first-order valence-electron chi connectivity index (χ1n) is 7.87. The minimum atomic E-state index is -0.262. The van der Waals surface area contributed by atoms with E-state index in [4.69, 9.17) is 4.74 Å². The van der Waals surface area contributed by atoms with E-state index >= 15 is 0 Å². The van der Waals surface area contributed by atoms with E-state index < -0.39 is 0 Å². The van der Waals surface area contributed by atoms with Gasteiger partial charge in [-0.2, -0.15) is 0 Å². The van der Waals surface area contributed by atoms with Crippen LogP contribution in [0.2, 0.25) is 0 Å². The highest BCUT2D eigenvalue weighted by molar-refractivity contribution is 9.10. The summed E-state index contributed by atoms with van der Waals surface area (Å²) in [6, 6.07) is 15.0. The Morgan fingerprint density at radius 1 is 1.12 bits per heavy atom. The predicted octanol–water partition coefficient (Wildman–Crippen LogP) is 4.71. The zero-order valence-corrected chi connectivity index (χ0v) is 14.5. The van der Waals surface area contributed by atoms with Gasteiger partial charge < -0.3 is 9.64 Å². The summed E-state index contributed by atoms with van der Waals surface area (Å²) < 4.78 is 20.5. The van der Waals surface area contributed by atoms with Crippen LogP contribution in [0.15, 0.2) is 59.2 Å². The average molecular weight is 387 g/mol. The third kappa shape index (κ3) is 3.01. The number of nitrogens with zero attached hydrogens (tertiary/aromatic N) is 2. The SMILES string of the molecule is Fc1ccc2c(N3CCOC(c4ccc(Br)cc4)C3)ccnc2c1. The summed E-state index contributed by atoms with van der Waals surface area (Å²) in [5.74, 6) is -0.262. The van der Waals surface area contributed by atoms with E-state index in [2.05, 4.69) is 37.9 Å². The number of pyridine rings is 1. The van der Waals surface area contributed by atoms with Gasteiger partial charge in [-0.15, -0.1) is 0 Å². The first kappa shape index (κ1) is 15.5. The van der Waals surface area contributed by atoms with Crippen LogP contribution in [0, 0.1) is 5.82 Å². The molecule has 1 aromatic heterocycles. The number of benzene rings is 2. The van der Waals surface area contributed by atoms with Crippen molar-refractivity contribution in [1.82, 2.24) is 4.98 Å². The molecule has 1 saturated heterocycles. The van der Waals surface area contributed by atoms with Crippen molar-refractivity contribution in [3.05, 3.63) is 70.6 Å². The Bertz CT molecular complexity index is 869. The number of fused-ring (bicyclic) bond motifs is 1. The van der Waals surface area contributed by atoms with Crippen LogP contribution in [0.3, 0.4) is 0 Å². The summed E-state index contributed by atoms with van der Waals surface area (Å²) in [4.78, 5) is 6.57. The first-order valence-corrected chi connectivity index (χ1v) is 8.66. The van der Waals surface area contributed by atoms with Gasteiger partial charge in [0.1, 0.15) is 11.9 Å². The van der Waals surface area contributed by atoms with Crippen molar-refractivity contribution in [2.75, 3.05) is 24.6 Å². The molecule has 0 radical (unpaired) electrons. The second-order valence-corrected chi connectivity index (χ2v) is 6.76. The van der Waals surface area contributed by atoms with Crippen molar-refractivity contribution >= 4 is 32.5 Å². The molecule has 1 aliphatic heterocycles. The van der Waals surface area contributed by atoms with Gasteiger partial charge in [-0.1, -0.05) is 28.1 Å². The van der Waals surface area contributed by atoms with E-state index in [1.54, 1.807) is 12.3 Å². The molecule has 2 heterocycles. The van der Waals surface area contributed by atoms with Crippen molar-refractivity contribution < 1.29 is 9.13 Å². The highest BCUT2D eigenvalue weighted by atomic mass is 79.9. The zero-order valence-electron chi connectivity index (χ0n) is 13.0. The molecule has 3 nitrogen and oxygen atoms in total. The molecule has 4 rings (SSSR count). The van der Waals surface area contributed by atoms with E-state index in [9.17, 15) is 4.39 Å². The Kier molecular flexibility index (Phi) is 4.21. The number of aromatic nitrogens is 1. The van der Waals surface area contributed by atoms with Crippen LogP contribution >= 0.6 is 15.9 Å². The smallest absolute Gasteiger partial charge is 0.125 e. The lowest BCUT2D eigenvalue weighted by molar-refractivity contribution is 0.0399. The molecule has 5 heteroatoms. The first-order chi connectivity index (χ1) is 11.7. The van der Waals surface area contributed by atoms with E-state index in [0.29, 0.717) is 12.1 Å². The highest BCUT2D eigenvalue weighted by Gasteiger charge is 2.23. The number of rotatable bonds is 2. The largest absolute Gasteiger partial charge is 0.370 e. The van der Waals surface area contributed by atoms with Crippen LogP contribution < -0.4 is 4.90 Å². The second-order valence-electron chi connectivity index (χ2n) is 5.85. The molecule has 0 amide bonds. The molecule has 3 aromatic rings. The molecule has 0 aliphatic carbocycles. The molecule has 0 saturated carbocycles. The minimum Gasteiger partial charge on any atom is -0.370 e. The Labute approximate surface area is 148 Å². The van der Waals surface area contributed by atoms with Crippen LogP contribution in [0.5, 0.6) is 0 Å². The molecule has 1 fully saturated rings. The molecule has 0 spiro atoms. The molecule has 1 unspecified atom stereocenters. The summed E-state index contributed by atoms with van der Waals surface area (Å²) >= 11 is 3.46. The lowest BCUT2D eigenvalue weighted by atomic mass is 10.1. The predicted molar refractivity (Wildman–Crippen MR) is 96.7 cm³/mol. The number of halogens is 2. The number of hydrogen-bond donors (Lipinski definition) is 0. The second kappa shape index (κ2) is 6.49. The molecular formula is C19H16BrFN2O. The Hall–Kier alpha value is -1.98. The number of hydrogen-bond acceptors (Lipinski definition) is 3. The number of ether oxygens (including phenoxy) is 1. The lowest BCUT2D eigenvalue weighted by Gasteiger charge is -2.35. The molecule has 2 aromatic carbocycles. The van der Waals surface area contributed by atoms with Crippen LogP contribution in [0.25, 0.3) is 10.9 Å². The van der Waals surface area contributed by atoms with E-state index in [1.165, 1.54) is 12.1 Å². The summed E-state index contributed by atoms with van der Waals surface area (Å²) in [5.41, 5.74) is 2.91. The monoisotopic (exact) mass is 386 g/mol. The molecule has 1 aliphatic rings. The van der Waals surface area contributed by atoms with Gasteiger partial charge in [0.25, 0.3) is 0 Å². The Balaban J connectivity index is 1.66. The van der Waals surface area contributed by atoms with Crippen LogP contribution in [-0.4, -0.2) is 24.7 Å². The van der Waals surface area contributed by atoms with Crippen molar-refractivity contribution in [3.63, 3.8) is 0 Å². The maximum absolute atomic E-state index is 13.4. The molecule has 1 atom stereocenters. The minimum absolute atomic E-state index is 0.0236. The maximum atomic E-state index is 13.4. The molecular weight excluding hydrogens is 371 g/mol. The average Bonchev–Trinajstić information content (AvgIpc) is 2.61. The van der Waals surface area contributed by atoms with Crippen LogP contribution in [0.1, 0.15) is 11.7 Å². The third-order valence-corrected chi connectivity index (χ3v) is 4.86. The Morgan fingerprint density at radius 2 is 1.96 bits per heavy atom. The fraction of sp³-hybridized carbons (Fsp3) is 0.211. The lowest BCUT2D eigenvalue weighted by Crippen LogP contribution is -2.38. The molecule has 0 N–H and O–H groups in total. The zero-order chi connectivity index (χ0) is 16.5. The maximum Gasteiger partial charge on any atom is 0.125 e.